The summed E-state index contributed by atoms with van der Waals surface area (Å²) in [5.41, 5.74) is 7.87. The minimum atomic E-state index is 0.161. The molecule has 2 rings (SSSR count). The summed E-state index contributed by atoms with van der Waals surface area (Å²) in [5.74, 6) is 0.946. The molecule has 1 fully saturated rings. The maximum atomic E-state index is 12.2. The van der Waals surface area contributed by atoms with Crippen molar-refractivity contribution in [2.45, 2.75) is 39.0 Å². The van der Waals surface area contributed by atoms with Crippen LogP contribution < -0.4 is 11.1 Å². The maximum absolute atomic E-state index is 12.2. The van der Waals surface area contributed by atoms with Crippen LogP contribution in [0.25, 0.3) is 0 Å². The van der Waals surface area contributed by atoms with Gasteiger partial charge in [0.05, 0.1) is 0 Å². The lowest BCUT2D eigenvalue weighted by molar-refractivity contribution is -0.121. The van der Waals surface area contributed by atoms with Crippen molar-refractivity contribution in [3.05, 3.63) is 29.8 Å². The molecule has 0 aliphatic heterocycles. The summed E-state index contributed by atoms with van der Waals surface area (Å²) in [5, 5.41) is 3.03. The Balaban J connectivity index is 1.86. The second kappa shape index (κ2) is 6.71. The first-order chi connectivity index (χ1) is 9.22. The van der Waals surface area contributed by atoms with Crippen molar-refractivity contribution in [2.24, 2.45) is 17.6 Å². The van der Waals surface area contributed by atoms with Gasteiger partial charge in [-0.3, -0.25) is 4.79 Å². The number of rotatable bonds is 4. The predicted molar refractivity (Wildman–Crippen MR) is 79.0 cm³/mol. The van der Waals surface area contributed by atoms with Crippen LogP contribution in [-0.2, 0) is 11.2 Å². The Morgan fingerprint density at radius 3 is 2.37 bits per heavy atom. The second-order valence-corrected chi connectivity index (χ2v) is 5.49. The molecule has 0 aromatic heterocycles. The quantitative estimate of drug-likeness (QED) is 0.874. The molecule has 1 amide bonds. The van der Waals surface area contributed by atoms with Crippen LogP contribution in [-0.4, -0.2) is 12.5 Å². The Bertz CT molecular complexity index is 405. The summed E-state index contributed by atoms with van der Waals surface area (Å²) >= 11 is 0. The average Bonchev–Trinajstić information content (AvgIpc) is 2.48. The minimum Gasteiger partial charge on any atom is -0.330 e. The third-order valence-electron chi connectivity index (χ3n) is 4.18. The highest BCUT2D eigenvalue weighted by Crippen LogP contribution is 2.29. The van der Waals surface area contributed by atoms with Crippen LogP contribution in [0, 0.1) is 11.8 Å². The fraction of sp³-hybridized carbons (Fsp3) is 0.562. The standard InChI is InChI=1S/C16H24N2O/c1-2-12-5-9-15(10-6-12)18-16(19)14-7-3-13(11-17)4-8-14/h5-6,9-10,13-14H,2-4,7-8,11,17H2,1H3,(H,18,19). The molecule has 3 nitrogen and oxygen atoms in total. The number of aryl methyl sites for hydroxylation is 1. The largest absolute Gasteiger partial charge is 0.330 e. The summed E-state index contributed by atoms with van der Waals surface area (Å²) in [6, 6.07) is 8.12. The number of amides is 1. The molecule has 104 valence electrons. The Labute approximate surface area is 115 Å². The Kier molecular flexibility index (Phi) is 4.97. The molecular weight excluding hydrogens is 236 g/mol. The van der Waals surface area contributed by atoms with E-state index in [9.17, 15) is 4.79 Å². The highest BCUT2D eigenvalue weighted by atomic mass is 16.1. The molecular formula is C16H24N2O. The predicted octanol–water partition coefficient (Wildman–Crippen LogP) is 2.95. The molecule has 19 heavy (non-hydrogen) atoms. The lowest BCUT2D eigenvalue weighted by Crippen LogP contribution is -2.29. The van der Waals surface area contributed by atoms with Gasteiger partial charge >= 0.3 is 0 Å². The lowest BCUT2D eigenvalue weighted by Gasteiger charge is -2.26. The van der Waals surface area contributed by atoms with E-state index in [-0.39, 0.29) is 11.8 Å². The third kappa shape index (κ3) is 3.80. The summed E-state index contributed by atoms with van der Waals surface area (Å²) in [6.07, 6.45) is 5.14. The molecule has 1 aromatic carbocycles. The van der Waals surface area contributed by atoms with E-state index in [1.165, 1.54) is 5.56 Å². The molecule has 1 saturated carbocycles. The number of hydrogen-bond acceptors (Lipinski definition) is 2. The van der Waals surface area contributed by atoms with E-state index < -0.39 is 0 Å². The molecule has 0 heterocycles. The van der Waals surface area contributed by atoms with Gasteiger partial charge in [-0.1, -0.05) is 19.1 Å². The van der Waals surface area contributed by atoms with Crippen LogP contribution in [0.15, 0.2) is 24.3 Å². The van der Waals surface area contributed by atoms with Crippen molar-refractivity contribution in [1.29, 1.82) is 0 Å². The molecule has 1 aromatic rings. The van der Waals surface area contributed by atoms with Crippen molar-refractivity contribution in [2.75, 3.05) is 11.9 Å². The van der Waals surface area contributed by atoms with E-state index >= 15 is 0 Å². The molecule has 0 unspecified atom stereocenters. The van der Waals surface area contributed by atoms with Crippen molar-refractivity contribution < 1.29 is 4.79 Å². The molecule has 1 aliphatic rings. The van der Waals surface area contributed by atoms with Gasteiger partial charge < -0.3 is 11.1 Å². The number of anilines is 1. The van der Waals surface area contributed by atoms with E-state index in [2.05, 4.69) is 24.4 Å². The van der Waals surface area contributed by atoms with Gasteiger partial charge in [0.15, 0.2) is 0 Å². The van der Waals surface area contributed by atoms with Crippen molar-refractivity contribution in [3.8, 4) is 0 Å². The van der Waals surface area contributed by atoms with E-state index in [1.54, 1.807) is 0 Å². The summed E-state index contributed by atoms with van der Waals surface area (Å²) in [4.78, 5) is 12.2. The number of benzene rings is 1. The third-order valence-corrected chi connectivity index (χ3v) is 4.18. The zero-order chi connectivity index (χ0) is 13.7. The minimum absolute atomic E-state index is 0.161. The highest BCUT2D eigenvalue weighted by Gasteiger charge is 2.25. The number of carbonyl (C=O) groups is 1. The van der Waals surface area contributed by atoms with E-state index in [0.29, 0.717) is 5.92 Å². The first-order valence-electron chi connectivity index (χ1n) is 7.32. The Hall–Kier alpha value is -1.35. The molecule has 0 radical (unpaired) electrons. The van der Waals surface area contributed by atoms with Gasteiger partial charge in [-0.15, -0.1) is 0 Å². The van der Waals surface area contributed by atoms with Gasteiger partial charge in [-0.05, 0) is 62.3 Å². The maximum Gasteiger partial charge on any atom is 0.227 e. The van der Waals surface area contributed by atoms with Crippen LogP contribution in [0.2, 0.25) is 0 Å². The SMILES string of the molecule is CCc1ccc(NC(=O)C2CCC(CN)CC2)cc1. The van der Waals surface area contributed by atoms with Crippen LogP contribution in [0.5, 0.6) is 0 Å². The van der Waals surface area contributed by atoms with Crippen molar-refractivity contribution in [1.82, 2.24) is 0 Å². The first-order valence-corrected chi connectivity index (χ1v) is 7.32. The zero-order valence-electron chi connectivity index (χ0n) is 11.7. The van der Waals surface area contributed by atoms with Crippen LogP contribution in [0.3, 0.4) is 0 Å². The van der Waals surface area contributed by atoms with Crippen LogP contribution in [0.4, 0.5) is 5.69 Å². The smallest absolute Gasteiger partial charge is 0.227 e. The van der Waals surface area contributed by atoms with Gasteiger partial charge in [0.1, 0.15) is 0 Å². The van der Waals surface area contributed by atoms with Crippen molar-refractivity contribution in [3.63, 3.8) is 0 Å². The molecule has 0 spiro atoms. The number of nitrogens with two attached hydrogens (primary N) is 1. The van der Waals surface area contributed by atoms with Gasteiger partial charge in [0.2, 0.25) is 5.91 Å². The molecule has 0 saturated heterocycles. The summed E-state index contributed by atoms with van der Waals surface area (Å²) in [6.45, 7) is 2.89. The zero-order valence-corrected chi connectivity index (χ0v) is 11.7. The van der Waals surface area contributed by atoms with E-state index in [4.69, 9.17) is 5.73 Å². The topological polar surface area (TPSA) is 55.1 Å². The normalized spacial score (nSPS) is 23.1. The molecule has 1 aliphatic carbocycles. The Morgan fingerprint density at radius 2 is 1.84 bits per heavy atom. The highest BCUT2D eigenvalue weighted by molar-refractivity contribution is 5.92. The number of carbonyl (C=O) groups excluding carboxylic acids is 1. The summed E-state index contributed by atoms with van der Waals surface area (Å²) in [7, 11) is 0. The molecule has 3 N–H and O–H groups in total. The molecule has 0 atom stereocenters. The molecule has 3 heteroatoms. The fourth-order valence-corrected chi connectivity index (χ4v) is 2.73. The number of hydrogen-bond donors (Lipinski definition) is 2. The lowest BCUT2D eigenvalue weighted by atomic mass is 9.81. The van der Waals surface area contributed by atoms with Gasteiger partial charge in [0.25, 0.3) is 0 Å². The number of nitrogens with one attached hydrogen (secondary N) is 1. The molecule has 0 bridgehead atoms. The Morgan fingerprint density at radius 1 is 1.21 bits per heavy atom. The monoisotopic (exact) mass is 260 g/mol. The van der Waals surface area contributed by atoms with Gasteiger partial charge in [0, 0.05) is 11.6 Å². The van der Waals surface area contributed by atoms with Crippen molar-refractivity contribution >= 4 is 11.6 Å². The van der Waals surface area contributed by atoms with Gasteiger partial charge in [-0.2, -0.15) is 0 Å². The van der Waals surface area contributed by atoms with Gasteiger partial charge in [-0.25, -0.2) is 0 Å². The van der Waals surface area contributed by atoms with Crippen LogP contribution >= 0.6 is 0 Å². The second-order valence-electron chi connectivity index (χ2n) is 5.49. The van der Waals surface area contributed by atoms with E-state index in [0.717, 1.165) is 44.3 Å². The first kappa shape index (κ1) is 14.1. The average molecular weight is 260 g/mol. The van der Waals surface area contributed by atoms with Crippen LogP contribution in [0.1, 0.15) is 38.2 Å². The summed E-state index contributed by atoms with van der Waals surface area (Å²) < 4.78 is 0. The van der Waals surface area contributed by atoms with E-state index in [1.807, 2.05) is 12.1 Å². The fourth-order valence-electron chi connectivity index (χ4n) is 2.73.